The van der Waals surface area contributed by atoms with Crippen LogP contribution in [0.5, 0.6) is 0 Å². The van der Waals surface area contributed by atoms with Crippen LogP contribution in [0.2, 0.25) is 0 Å². The Hall–Kier alpha value is -0.200. The average molecular weight is 339 g/mol. The SMILES string of the molecule is OC(COCCOC12CC3CC(CC(C3)C1)C2)CN1CCOCC1. The van der Waals surface area contributed by atoms with E-state index in [0.29, 0.717) is 26.4 Å². The number of aliphatic hydroxyl groups is 1. The molecule has 4 aliphatic carbocycles. The molecule has 138 valence electrons. The summed E-state index contributed by atoms with van der Waals surface area (Å²) in [4.78, 5) is 2.24. The van der Waals surface area contributed by atoms with Crippen molar-refractivity contribution in [1.29, 1.82) is 0 Å². The van der Waals surface area contributed by atoms with Crippen molar-refractivity contribution < 1.29 is 19.3 Å². The van der Waals surface area contributed by atoms with Crippen molar-refractivity contribution in [2.75, 3.05) is 52.7 Å². The molecule has 5 nitrogen and oxygen atoms in total. The van der Waals surface area contributed by atoms with Crippen molar-refractivity contribution >= 4 is 0 Å². The number of morpholine rings is 1. The number of rotatable bonds is 8. The second-order valence-electron chi connectivity index (χ2n) is 8.59. The molecule has 0 aromatic rings. The van der Waals surface area contributed by atoms with Gasteiger partial charge in [0.15, 0.2) is 0 Å². The molecule has 5 rings (SSSR count). The lowest BCUT2D eigenvalue weighted by molar-refractivity contribution is -0.170. The van der Waals surface area contributed by atoms with Gasteiger partial charge in [-0.1, -0.05) is 0 Å². The second-order valence-corrected chi connectivity index (χ2v) is 8.59. The third kappa shape index (κ3) is 4.13. The molecule has 1 atom stereocenters. The fourth-order valence-corrected chi connectivity index (χ4v) is 5.88. The smallest absolute Gasteiger partial charge is 0.0900 e. The third-order valence-electron chi connectivity index (χ3n) is 6.50. The molecule has 0 amide bonds. The summed E-state index contributed by atoms with van der Waals surface area (Å²) in [6.45, 7) is 5.72. The van der Waals surface area contributed by atoms with Gasteiger partial charge in [0.1, 0.15) is 0 Å². The van der Waals surface area contributed by atoms with Gasteiger partial charge in [0, 0.05) is 19.6 Å². The molecule has 5 heteroatoms. The lowest BCUT2D eigenvalue weighted by Gasteiger charge is -2.56. The Kier molecular flexibility index (Phi) is 5.44. The molecule has 24 heavy (non-hydrogen) atoms. The van der Waals surface area contributed by atoms with E-state index < -0.39 is 6.10 Å². The van der Waals surface area contributed by atoms with Gasteiger partial charge in [-0.05, 0) is 56.3 Å². The van der Waals surface area contributed by atoms with Crippen molar-refractivity contribution in [2.24, 2.45) is 17.8 Å². The number of β-amino-alcohol motifs (C(OH)–C–C–N with tert-alkyl or cyclic N) is 1. The largest absolute Gasteiger partial charge is 0.389 e. The zero-order chi connectivity index (χ0) is 16.4. The van der Waals surface area contributed by atoms with Gasteiger partial charge in [-0.25, -0.2) is 0 Å². The number of hydrogen-bond donors (Lipinski definition) is 1. The summed E-state index contributed by atoms with van der Waals surface area (Å²) in [7, 11) is 0. The highest BCUT2D eigenvalue weighted by atomic mass is 16.5. The molecular formula is C19H33NO4. The maximum absolute atomic E-state index is 10.1. The molecular weight excluding hydrogens is 306 g/mol. The van der Waals surface area contributed by atoms with Crippen LogP contribution in [0.1, 0.15) is 38.5 Å². The first kappa shape index (κ1) is 17.2. The van der Waals surface area contributed by atoms with Crippen LogP contribution in [0.3, 0.4) is 0 Å². The molecule has 1 unspecified atom stereocenters. The van der Waals surface area contributed by atoms with Crippen LogP contribution >= 0.6 is 0 Å². The number of aliphatic hydroxyl groups excluding tert-OH is 1. The van der Waals surface area contributed by atoms with E-state index in [4.69, 9.17) is 14.2 Å². The van der Waals surface area contributed by atoms with E-state index in [1.165, 1.54) is 38.5 Å². The zero-order valence-corrected chi connectivity index (χ0v) is 14.8. The van der Waals surface area contributed by atoms with Crippen LogP contribution in [0.4, 0.5) is 0 Å². The van der Waals surface area contributed by atoms with E-state index in [0.717, 1.165) is 44.1 Å². The second kappa shape index (κ2) is 7.58. The molecule has 1 heterocycles. The minimum absolute atomic E-state index is 0.171. The Morgan fingerprint density at radius 2 is 1.62 bits per heavy atom. The van der Waals surface area contributed by atoms with Crippen molar-refractivity contribution in [1.82, 2.24) is 4.90 Å². The number of ether oxygens (including phenoxy) is 3. The molecule has 0 aromatic carbocycles. The van der Waals surface area contributed by atoms with E-state index >= 15 is 0 Å². The minimum Gasteiger partial charge on any atom is -0.389 e. The first-order valence-corrected chi connectivity index (χ1v) is 9.91. The van der Waals surface area contributed by atoms with Gasteiger partial charge in [-0.3, -0.25) is 4.90 Å². The normalized spacial score (nSPS) is 40.1. The fourth-order valence-electron chi connectivity index (χ4n) is 5.88. The molecule has 5 aliphatic rings. The standard InChI is InChI=1S/C19H33NO4/c21-18(13-20-1-3-22-4-2-20)14-23-5-6-24-19-10-15-7-16(11-19)9-17(8-15)12-19/h15-18,21H,1-14H2. The Morgan fingerprint density at radius 1 is 1.00 bits per heavy atom. The van der Waals surface area contributed by atoms with Gasteiger partial charge in [0.2, 0.25) is 0 Å². The third-order valence-corrected chi connectivity index (χ3v) is 6.50. The van der Waals surface area contributed by atoms with Gasteiger partial charge >= 0.3 is 0 Å². The Morgan fingerprint density at radius 3 is 2.25 bits per heavy atom. The maximum Gasteiger partial charge on any atom is 0.0900 e. The van der Waals surface area contributed by atoms with Crippen LogP contribution in [0, 0.1) is 17.8 Å². The summed E-state index contributed by atoms with van der Waals surface area (Å²) in [6, 6.07) is 0. The quantitative estimate of drug-likeness (QED) is 0.682. The summed E-state index contributed by atoms with van der Waals surface area (Å²) in [5.41, 5.74) is 0.171. The Bertz CT molecular complexity index is 375. The van der Waals surface area contributed by atoms with Gasteiger partial charge in [-0.2, -0.15) is 0 Å². The lowest BCUT2D eigenvalue weighted by Crippen LogP contribution is -2.52. The van der Waals surface area contributed by atoms with Gasteiger partial charge < -0.3 is 19.3 Å². The van der Waals surface area contributed by atoms with Crippen molar-refractivity contribution in [2.45, 2.75) is 50.2 Å². The summed E-state index contributed by atoms with van der Waals surface area (Å²) in [6.07, 6.45) is 7.77. The predicted octanol–water partition coefficient (Wildman–Crippen LogP) is 1.68. The van der Waals surface area contributed by atoms with Gasteiger partial charge in [0.25, 0.3) is 0 Å². The highest BCUT2D eigenvalue weighted by Crippen LogP contribution is 2.57. The van der Waals surface area contributed by atoms with Crippen molar-refractivity contribution in [3.8, 4) is 0 Å². The van der Waals surface area contributed by atoms with Crippen LogP contribution < -0.4 is 0 Å². The molecule has 0 radical (unpaired) electrons. The first-order valence-electron chi connectivity index (χ1n) is 9.91. The summed E-state index contributed by atoms with van der Waals surface area (Å²) < 4.78 is 17.3. The molecule has 1 saturated heterocycles. The summed E-state index contributed by atoms with van der Waals surface area (Å²) in [5, 5.41) is 10.1. The molecule has 0 spiro atoms. The van der Waals surface area contributed by atoms with E-state index in [1.807, 2.05) is 0 Å². The monoisotopic (exact) mass is 339 g/mol. The van der Waals surface area contributed by atoms with E-state index in [2.05, 4.69) is 4.90 Å². The highest BCUT2D eigenvalue weighted by Gasteiger charge is 2.51. The van der Waals surface area contributed by atoms with Crippen LogP contribution in [0.15, 0.2) is 0 Å². The van der Waals surface area contributed by atoms with Crippen LogP contribution in [-0.4, -0.2) is 74.4 Å². The predicted molar refractivity (Wildman–Crippen MR) is 90.9 cm³/mol. The lowest BCUT2D eigenvalue weighted by atomic mass is 9.54. The number of hydrogen-bond acceptors (Lipinski definition) is 5. The summed E-state index contributed by atoms with van der Waals surface area (Å²) >= 11 is 0. The Labute approximate surface area is 145 Å². The van der Waals surface area contributed by atoms with E-state index in [1.54, 1.807) is 0 Å². The Balaban J connectivity index is 1.11. The minimum atomic E-state index is -0.414. The molecule has 1 aliphatic heterocycles. The van der Waals surface area contributed by atoms with Crippen molar-refractivity contribution in [3.05, 3.63) is 0 Å². The van der Waals surface area contributed by atoms with E-state index in [9.17, 15) is 5.11 Å². The van der Waals surface area contributed by atoms with Gasteiger partial charge in [0.05, 0.1) is 44.7 Å². The molecule has 5 fully saturated rings. The molecule has 0 aromatic heterocycles. The zero-order valence-electron chi connectivity index (χ0n) is 14.8. The molecule has 1 N–H and O–H groups in total. The molecule has 4 bridgehead atoms. The fraction of sp³-hybridized carbons (Fsp3) is 1.00. The number of nitrogens with zero attached hydrogens (tertiary/aromatic N) is 1. The molecule has 4 saturated carbocycles. The maximum atomic E-state index is 10.1. The highest BCUT2D eigenvalue weighted by molar-refractivity contribution is 5.03. The van der Waals surface area contributed by atoms with Crippen LogP contribution in [0.25, 0.3) is 0 Å². The van der Waals surface area contributed by atoms with E-state index in [-0.39, 0.29) is 5.60 Å². The van der Waals surface area contributed by atoms with Crippen LogP contribution in [-0.2, 0) is 14.2 Å². The topological polar surface area (TPSA) is 51.2 Å². The summed E-state index contributed by atoms with van der Waals surface area (Å²) in [5.74, 6) is 2.77. The average Bonchev–Trinajstić information content (AvgIpc) is 2.54. The van der Waals surface area contributed by atoms with Gasteiger partial charge in [-0.15, -0.1) is 0 Å². The first-order chi connectivity index (χ1) is 11.7. The van der Waals surface area contributed by atoms with Crippen molar-refractivity contribution in [3.63, 3.8) is 0 Å².